The van der Waals surface area contributed by atoms with Crippen molar-refractivity contribution in [2.75, 3.05) is 13.1 Å². The van der Waals surface area contributed by atoms with E-state index in [-0.39, 0.29) is 5.92 Å². The molecule has 0 spiro atoms. The molecular weight excluding hydrogens is 204 g/mol. The monoisotopic (exact) mass is 220 g/mol. The van der Waals surface area contributed by atoms with Gasteiger partial charge in [-0.3, -0.25) is 14.7 Å². The standard InChI is InChI=1S/C12H16N2O2/c15-12(16)10-4-3-7-14(8-10)9-11-5-1-2-6-13-11/h1-2,5-6,10H,3-4,7-9H2,(H,15,16)/t10-/m0/s1. The number of nitrogens with zero attached hydrogens (tertiary/aromatic N) is 2. The van der Waals surface area contributed by atoms with E-state index in [0.717, 1.165) is 31.6 Å². The SMILES string of the molecule is O=C(O)[C@H]1CCCN(Cc2ccccn2)C1. The van der Waals surface area contributed by atoms with Crippen LogP contribution in [-0.2, 0) is 11.3 Å². The highest BCUT2D eigenvalue weighted by molar-refractivity contribution is 5.70. The predicted molar refractivity (Wildman–Crippen MR) is 59.9 cm³/mol. The van der Waals surface area contributed by atoms with E-state index in [9.17, 15) is 4.79 Å². The van der Waals surface area contributed by atoms with E-state index in [1.165, 1.54) is 0 Å². The van der Waals surface area contributed by atoms with E-state index < -0.39 is 5.97 Å². The summed E-state index contributed by atoms with van der Waals surface area (Å²) in [6.45, 7) is 2.37. The van der Waals surface area contributed by atoms with Crippen molar-refractivity contribution in [1.29, 1.82) is 0 Å². The Morgan fingerprint density at radius 1 is 1.56 bits per heavy atom. The van der Waals surface area contributed by atoms with Crippen LogP contribution in [0, 0.1) is 5.92 Å². The summed E-state index contributed by atoms with van der Waals surface area (Å²) in [6, 6.07) is 5.82. The van der Waals surface area contributed by atoms with Crippen molar-refractivity contribution in [2.24, 2.45) is 5.92 Å². The molecule has 0 aliphatic carbocycles. The van der Waals surface area contributed by atoms with Crippen molar-refractivity contribution in [3.05, 3.63) is 30.1 Å². The van der Waals surface area contributed by atoms with Crippen molar-refractivity contribution in [3.63, 3.8) is 0 Å². The number of aliphatic carboxylic acids is 1. The van der Waals surface area contributed by atoms with Gasteiger partial charge in [0.25, 0.3) is 0 Å². The van der Waals surface area contributed by atoms with E-state index in [2.05, 4.69) is 9.88 Å². The smallest absolute Gasteiger partial charge is 0.307 e. The molecule has 16 heavy (non-hydrogen) atoms. The molecule has 4 heteroatoms. The Morgan fingerprint density at radius 3 is 3.12 bits per heavy atom. The molecule has 0 aromatic carbocycles. The maximum atomic E-state index is 10.9. The van der Waals surface area contributed by atoms with E-state index in [4.69, 9.17) is 5.11 Å². The van der Waals surface area contributed by atoms with Gasteiger partial charge in [0.15, 0.2) is 0 Å². The lowest BCUT2D eigenvalue weighted by molar-refractivity contribution is -0.143. The van der Waals surface area contributed by atoms with Gasteiger partial charge in [0.05, 0.1) is 11.6 Å². The van der Waals surface area contributed by atoms with Gasteiger partial charge in [-0.1, -0.05) is 6.07 Å². The average molecular weight is 220 g/mol. The number of hydrogen-bond donors (Lipinski definition) is 1. The van der Waals surface area contributed by atoms with E-state index in [1.807, 2.05) is 18.2 Å². The maximum Gasteiger partial charge on any atom is 0.307 e. The second-order valence-corrected chi connectivity index (χ2v) is 4.23. The van der Waals surface area contributed by atoms with Gasteiger partial charge in [-0.25, -0.2) is 0 Å². The Balaban J connectivity index is 1.93. The molecule has 1 aromatic heterocycles. The molecule has 0 bridgehead atoms. The van der Waals surface area contributed by atoms with Gasteiger partial charge in [-0.2, -0.15) is 0 Å². The molecule has 1 aromatic rings. The molecule has 2 rings (SSSR count). The molecule has 0 amide bonds. The highest BCUT2D eigenvalue weighted by Gasteiger charge is 2.25. The summed E-state index contributed by atoms with van der Waals surface area (Å²) < 4.78 is 0. The summed E-state index contributed by atoms with van der Waals surface area (Å²) in [5.41, 5.74) is 1.01. The Labute approximate surface area is 94.9 Å². The van der Waals surface area contributed by atoms with Crippen LogP contribution in [0.25, 0.3) is 0 Å². The Hall–Kier alpha value is -1.42. The van der Waals surface area contributed by atoms with Crippen molar-refractivity contribution in [1.82, 2.24) is 9.88 Å². The van der Waals surface area contributed by atoms with Crippen LogP contribution in [0.2, 0.25) is 0 Å². The zero-order chi connectivity index (χ0) is 11.4. The summed E-state index contributed by atoms with van der Waals surface area (Å²) in [7, 11) is 0. The molecular formula is C12H16N2O2. The highest BCUT2D eigenvalue weighted by atomic mass is 16.4. The van der Waals surface area contributed by atoms with Crippen molar-refractivity contribution in [3.8, 4) is 0 Å². The van der Waals surface area contributed by atoms with E-state index >= 15 is 0 Å². The Kier molecular flexibility index (Phi) is 3.51. The second kappa shape index (κ2) is 5.07. The van der Waals surface area contributed by atoms with Crippen LogP contribution < -0.4 is 0 Å². The maximum absolute atomic E-state index is 10.9. The third-order valence-electron chi connectivity index (χ3n) is 2.97. The summed E-state index contributed by atoms with van der Waals surface area (Å²) >= 11 is 0. The fourth-order valence-corrected chi connectivity index (χ4v) is 2.12. The summed E-state index contributed by atoms with van der Waals surface area (Å²) in [4.78, 5) is 17.3. The lowest BCUT2D eigenvalue weighted by Crippen LogP contribution is -2.38. The van der Waals surface area contributed by atoms with Crippen LogP contribution in [0.3, 0.4) is 0 Å². The van der Waals surface area contributed by atoms with Gasteiger partial charge < -0.3 is 5.11 Å². The molecule has 1 atom stereocenters. The number of rotatable bonds is 3. The van der Waals surface area contributed by atoms with Crippen LogP contribution in [0.5, 0.6) is 0 Å². The fraction of sp³-hybridized carbons (Fsp3) is 0.500. The first-order valence-corrected chi connectivity index (χ1v) is 5.61. The van der Waals surface area contributed by atoms with Crippen molar-refractivity contribution in [2.45, 2.75) is 19.4 Å². The number of carboxylic acids is 1. The largest absolute Gasteiger partial charge is 0.481 e. The molecule has 0 radical (unpaired) electrons. The lowest BCUT2D eigenvalue weighted by Gasteiger charge is -2.30. The fourth-order valence-electron chi connectivity index (χ4n) is 2.12. The average Bonchev–Trinajstić information content (AvgIpc) is 2.30. The Bertz CT molecular complexity index is 353. The topological polar surface area (TPSA) is 53.4 Å². The summed E-state index contributed by atoms with van der Waals surface area (Å²) in [5.74, 6) is -0.886. The number of piperidine rings is 1. The molecule has 1 N–H and O–H groups in total. The van der Waals surface area contributed by atoms with Crippen LogP contribution in [0.4, 0.5) is 0 Å². The zero-order valence-electron chi connectivity index (χ0n) is 9.17. The number of hydrogen-bond acceptors (Lipinski definition) is 3. The minimum absolute atomic E-state index is 0.211. The molecule has 1 aliphatic rings. The summed E-state index contributed by atoms with van der Waals surface area (Å²) in [5, 5.41) is 8.98. The van der Waals surface area contributed by atoms with Crippen LogP contribution in [0.1, 0.15) is 18.5 Å². The molecule has 1 aliphatic heterocycles. The molecule has 4 nitrogen and oxygen atoms in total. The lowest BCUT2D eigenvalue weighted by atomic mass is 9.98. The molecule has 86 valence electrons. The molecule has 0 unspecified atom stereocenters. The van der Waals surface area contributed by atoms with Gasteiger partial charge >= 0.3 is 5.97 Å². The number of likely N-dealkylation sites (tertiary alicyclic amines) is 1. The van der Waals surface area contributed by atoms with E-state index in [1.54, 1.807) is 6.20 Å². The molecule has 1 fully saturated rings. The number of aromatic nitrogens is 1. The normalized spacial score (nSPS) is 21.9. The highest BCUT2D eigenvalue weighted by Crippen LogP contribution is 2.17. The minimum Gasteiger partial charge on any atom is -0.481 e. The first kappa shape index (κ1) is 11.1. The number of carboxylic acid groups (broad SMARTS) is 1. The van der Waals surface area contributed by atoms with Gasteiger partial charge in [-0.15, -0.1) is 0 Å². The second-order valence-electron chi connectivity index (χ2n) is 4.23. The first-order valence-electron chi connectivity index (χ1n) is 5.61. The van der Waals surface area contributed by atoms with Crippen LogP contribution >= 0.6 is 0 Å². The van der Waals surface area contributed by atoms with Crippen LogP contribution in [-0.4, -0.2) is 34.0 Å². The number of pyridine rings is 1. The quantitative estimate of drug-likeness (QED) is 0.836. The van der Waals surface area contributed by atoms with E-state index in [0.29, 0.717) is 6.54 Å². The van der Waals surface area contributed by atoms with Gasteiger partial charge in [-0.05, 0) is 31.5 Å². The first-order chi connectivity index (χ1) is 7.75. The minimum atomic E-state index is -0.675. The van der Waals surface area contributed by atoms with Gasteiger partial charge in [0, 0.05) is 19.3 Å². The van der Waals surface area contributed by atoms with Crippen molar-refractivity contribution < 1.29 is 9.90 Å². The molecule has 2 heterocycles. The Morgan fingerprint density at radius 2 is 2.44 bits per heavy atom. The molecule has 0 saturated carbocycles. The van der Waals surface area contributed by atoms with Gasteiger partial charge in [0.1, 0.15) is 0 Å². The zero-order valence-corrected chi connectivity index (χ0v) is 9.17. The van der Waals surface area contributed by atoms with Crippen LogP contribution in [0.15, 0.2) is 24.4 Å². The third-order valence-corrected chi connectivity index (χ3v) is 2.97. The predicted octanol–water partition coefficient (Wildman–Crippen LogP) is 1.38. The number of carbonyl (C=O) groups is 1. The van der Waals surface area contributed by atoms with Gasteiger partial charge in [0.2, 0.25) is 0 Å². The van der Waals surface area contributed by atoms with Crippen molar-refractivity contribution >= 4 is 5.97 Å². The summed E-state index contributed by atoms with van der Waals surface area (Å²) in [6.07, 6.45) is 3.53. The molecule has 1 saturated heterocycles. The third kappa shape index (κ3) is 2.79.